The number of carboxylic acids is 1. The predicted molar refractivity (Wildman–Crippen MR) is 84.7 cm³/mol. The molecular formula is C17H18N2O3. The fourth-order valence-electron chi connectivity index (χ4n) is 3.03. The van der Waals surface area contributed by atoms with Gasteiger partial charge >= 0.3 is 5.97 Å². The van der Waals surface area contributed by atoms with Crippen molar-refractivity contribution in [3.8, 4) is 0 Å². The summed E-state index contributed by atoms with van der Waals surface area (Å²) in [6.07, 6.45) is 2.14. The number of fused-ring (bicyclic) bond motifs is 1. The Labute approximate surface area is 128 Å². The van der Waals surface area contributed by atoms with Crippen molar-refractivity contribution in [1.82, 2.24) is 4.90 Å². The quantitative estimate of drug-likeness (QED) is 0.834. The number of aliphatic carboxylic acids is 1. The van der Waals surface area contributed by atoms with Gasteiger partial charge in [0.25, 0.3) is 5.91 Å². The minimum absolute atomic E-state index is 0.296. The minimum atomic E-state index is -0.951. The molecule has 1 heterocycles. The van der Waals surface area contributed by atoms with Gasteiger partial charge in [-0.15, -0.1) is 0 Å². The number of amides is 1. The molecule has 5 nitrogen and oxygen atoms in total. The van der Waals surface area contributed by atoms with Crippen molar-refractivity contribution in [2.75, 3.05) is 12.3 Å². The smallest absolute Gasteiger partial charge is 0.326 e. The highest BCUT2D eigenvalue weighted by molar-refractivity contribution is 6.05. The maximum atomic E-state index is 12.8. The van der Waals surface area contributed by atoms with Crippen LogP contribution in [0.3, 0.4) is 0 Å². The molecular weight excluding hydrogens is 280 g/mol. The van der Waals surface area contributed by atoms with Crippen molar-refractivity contribution in [3.05, 3.63) is 42.0 Å². The summed E-state index contributed by atoms with van der Waals surface area (Å²) in [5.74, 6) is -1.25. The molecule has 114 valence electrons. The Morgan fingerprint density at radius 2 is 1.82 bits per heavy atom. The molecule has 0 spiro atoms. The summed E-state index contributed by atoms with van der Waals surface area (Å²) in [5.41, 5.74) is 6.79. The lowest BCUT2D eigenvalue weighted by atomic mass is 9.99. The zero-order chi connectivity index (χ0) is 15.7. The van der Waals surface area contributed by atoms with Gasteiger partial charge in [0.1, 0.15) is 6.04 Å². The van der Waals surface area contributed by atoms with Crippen LogP contribution in [0.4, 0.5) is 5.69 Å². The Morgan fingerprint density at radius 1 is 1.14 bits per heavy atom. The molecule has 0 saturated carbocycles. The van der Waals surface area contributed by atoms with Gasteiger partial charge in [-0.25, -0.2) is 4.79 Å². The summed E-state index contributed by atoms with van der Waals surface area (Å²) in [5, 5.41) is 11.2. The van der Waals surface area contributed by atoms with E-state index in [-0.39, 0.29) is 5.91 Å². The summed E-state index contributed by atoms with van der Waals surface area (Å²) in [6, 6.07) is 10.4. The van der Waals surface area contributed by atoms with Gasteiger partial charge in [-0.3, -0.25) is 4.79 Å². The molecule has 2 aromatic rings. The number of rotatable bonds is 2. The van der Waals surface area contributed by atoms with Crippen LogP contribution in [0, 0.1) is 0 Å². The van der Waals surface area contributed by atoms with Gasteiger partial charge in [-0.05, 0) is 42.2 Å². The van der Waals surface area contributed by atoms with Crippen molar-refractivity contribution < 1.29 is 14.7 Å². The number of carboxylic acid groups (broad SMARTS) is 1. The first-order chi connectivity index (χ1) is 10.6. The van der Waals surface area contributed by atoms with E-state index < -0.39 is 12.0 Å². The predicted octanol–water partition coefficient (Wildman–Crippen LogP) is 2.50. The molecule has 2 aromatic carbocycles. The van der Waals surface area contributed by atoms with E-state index in [1.807, 2.05) is 24.3 Å². The van der Waals surface area contributed by atoms with Crippen LogP contribution in [0.2, 0.25) is 0 Å². The maximum Gasteiger partial charge on any atom is 0.326 e. The van der Waals surface area contributed by atoms with E-state index in [0.29, 0.717) is 24.2 Å². The molecule has 5 heteroatoms. The largest absolute Gasteiger partial charge is 0.480 e. The van der Waals surface area contributed by atoms with E-state index in [0.717, 1.165) is 23.6 Å². The third-order valence-corrected chi connectivity index (χ3v) is 4.20. The number of nitrogen functional groups attached to an aromatic ring is 1. The fourth-order valence-corrected chi connectivity index (χ4v) is 3.03. The van der Waals surface area contributed by atoms with E-state index in [4.69, 9.17) is 5.73 Å². The zero-order valence-electron chi connectivity index (χ0n) is 12.2. The zero-order valence-corrected chi connectivity index (χ0v) is 12.2. The second-order valence-electron chi connectivity index (χ2n) is 5.63. The summed E-state index contributed by atoms with van der Waals surface area (Å²) >= 11 is 0. The van der Waals surface area contributed by atoms with Gasteiger partial charge in [-0.2, -0.15) is 0 Å². The van der Waals surface area contributed by atoms with Gasteiger partial charge < -0.3 is 15.7 Å². The molecule has 1 fully saturated rings. The van der Waals surface area contributed by atoms with Crippen LogP contribution in [0.15, 0.2) is 36.4 Å². The standard InChI is InChI=1S/C17H18N2O3/c18-14-10-12-6-2-1-5-11(12)9-13(14)16(20)19-8-4-3-7-15(19)17(21)22/h1-2,5-6,9-10,15H,3-4,7-8,18H2,(H,21,22)/t15-/m0/s1. The summed E-state index contributed by atoms with van der Waals surface area (Å²) in [6.45, 7) is 0.460. The molecule has 0 unspecified atom stereocenters. The second-order valence-corrected chi connectivity index (χ2v) is 5.63. The number of hydrogen-bond acceptors (Lipinski definition) is 3. The van der Waals surface area contributed by atoms with E-state index in [9.17, 15) is 14.7 Å². The number of benzene rings is 2. The first-order valence-corrected chi connectivity index (χ1v) is 7.40. The molecule has 1 amide bonds. The normalized spacial score (nSPS) is 18.4. The molecule has 0 radical (unpaired) electrons. The second kappa shape index (κ2) is 5.67. The molecule has 0 aromatic heterocycles. The van der Waals surface area contributed by atoms with Gasteiger partial charge in [0.05, 0.1) is 5.56 Å². The number of carbonyl (C=O) groups is 2. The van der Waals surface area contributed by atoms with Crippen LogP contribution in [0.5, 0.6) is 0 Å². The SMILES string of the molecule is Nc1cc2ccccc2cc1C(=O)N1CCCC[C@H]1C(=O)O. The molecule has 1 aliphatic rings. The van der Waals surface area contributed by atoms with Crippen molar-refractivity contribution in [3.63, 3.8) is 0 Å². The average molecular weight is 298 g/mol. The third kappa shape index (κ3) is 2.50. The third-order valence-electron chi connectivity index (χ3n) is 4.20. The number of piperidine rings is 1. The van der Waals surface area contributed by atoms with Crippen LogP contribution < -0.4 is 5.73 Å². The molecule has 3 N–H and O–H groups in total. The molecule has 3 rings (SSSR count). The van der Waals surface area contributed by atoms with Gasteiger partial charge in [0.15, 0.2) is 0 Å². The van der Waals surface area contributed by atoms with E-state index >= 15 is 0 Å². The van der Waals surface area contributed by atoms with Gasteiger partial charge in [0, 0.05) is 12.2 Å². The summed E-state index contributed by atoms with van der Waals surface area (Å²) < 4.78 is 0. The van der Waals surface area contributed by atoms with Crippen molar-refractivity contribution >= 4 is 28.3 Å². The first kappa shape index (κ1) is 14.4. The van der Waals surface area contributed by atoms with Crippen LogP contribution in [-0.4, -0.2) is 34.5 Å². The average Bonchev–Trinajstić information content (AvgIpc) is 2.53. The Morgan fingerprint density at radius 3 is 2.50 bits per heavy atom. The minimum Gasteiger partial charge on any atom is -0.480 e. The van der Waals surface area contributed by atoms with E-state index in [2.05, 4.69) is 0 Å². The Balaban J connectivity index is 2.00. The van der Waals surface area contributed by atoms with Crippen LogP contribution in [0.1, 0.15) is 29.6 Å². The highest BCUT2D eigenvalue weighted by Crippen LogP contribution is 2.26. The molecule has 1 saturated heterocycles. The Bertz CT molecular complexity index is 742. The number of anilines is 1. The molecule has 0 bridgehead atoms. The monoisotopic (exact) mass is 298 g/mol. The van der Waals surface area contributed by atoms with Crippen LogP contribution in [0.25, 0.3) is 10.8 Å². The highest BCUT2D eigenvalue weighted by Gasteiger charge is 2.33. The van der Waals surface area contributed by atoms with E-state index in [1.54, 1.807) is 12.1 Å². The van der Waals surface area contributed by atoms with Crippen LogP contribution in [-0.2, 0) is 4.79 Å². The van der Waals surface area contributed by atoms with Crippen molar-refractivity contribution in [2.24, 2.45) is 0 Å². The number of hydrogen-bond donors (Lipinski definition) is 2. The Kier molecular flexibility index (Phi) is 3.71. The van der Waals surface area contributed by atoms with Gasteiger partial charge in [-0.1, -0.05) is 24.3 Å². The number of nitrogens with two attached hydrogens (primary N) is 1. The first-order valence-electron chi connectivity index (χ1n) is 7.40. The lowest BCUT2D eigenvalue weighted by Gasteiger charge is -2.33. The molecule has 1 aliphatic heterocycles. The Hall–Kier alpha value is -2.56. The molecule has 1 atom stereocenters. The van der Waals surface area contributed by atoms with Gasteiger partial charge in [0.2, 0.25) is 0 Å². The van der Waals surface area contributed by atoms with Crippen LogP contribution >= 0.6 is 0 Å². The van der Waals surface area contributed by atoms with Crippen molar-refractivity contribution in [2.45, 2.75) is 25.3 Å². The number of nitrogens with zero attached hydrogens (tertiary/aromatic N) is 1. The lowest BCUT2D eigenvalue weighted by Crippen LogP contribution is -2.48. The topological polar surface area (TPSA) is 83.6 Å². The summed E-state index contributed by atoms with van der Waals surface area (Å²) in [7, 11) is 0. The molecule has 0 aliphatic carbocycles. The number of carbonyl (C=O) groups excluding carboxylic acids is 1. The molecule has 22 heavy (non-hydrogen) atoms. The van der Waals surface area contributed by atoms with E-state index in [1.165, 1.54) is 4.90 Å². The fraction of sp³-hybridized carbons (Fsp3) is 0.294. The maximum absolute atomic E-state index is 12.8. The summed E-state index contributed by atoms with van der Waals surface area (Å²) in [4.78, 5) is 25.6. The highest BCUT2D eigenvalue weighted by atomic mass is 16.4. The lowest BCUT2D eigenvalue weighted by molar-refractivity contribution is -0.143. The van der Waals surface area contributed by atoms with Crippen molar-refractivity contribution in [1.29, 1.82) is 0 Å². The number of likely N-dealkylation sites (tertiary alicyclic amines) is 1.